The third-order valence-electron chi connectivity index (χ3n) is 2.04. The van der Waals surface area contributed by atoms with Crippen molar-refractivity contribution in [3.63, 3.8) is 0 Å². The summed E-state index contributed by atoms with van der Waals surface area (Å²) < 4.78 is 12.7. The smallest absolute Gasteiger partial charge is 0.160 e. The van der Waals surface area contributed by atoms with Gasteiger partial charge in [-0.25, -0.2) is 9.37 Å². The van der Waals surface area contributed by atoms with Gasteiger partial charge in [-0.05, 0) is 18.2 Å². The summed E-state index contributed by atoms with van der Waals surface area (Å²) in [6.07, 6.45) is 6.27. The van der Waals surface area contributed by atoms with Crippen molar-refractivity contribution < 1.29 is 4.39 Å². The highest BCUT2D eigenvalue weighted by atomic mass is 35.5. The lowest BCUT2D eigenvalue weighted by Crippen LogP contribution is -1.81. The second-order valence-electron chi connectivity index (χ2n) is 3.18. The van der Waals surface area contributed by atoms with Gasteiger partial charge in [0.05, 0.1) is 11.2 Å². The molecule has 17 heavy (non-hydrogen) atoms. The van der Waals surface area contributed by atoms with E-state index < -0.39 is 5.82 Å². The summed E-state index contributed by atoms with van der Waals surface area (Å²) in [5, 5.41) is 0.739. The quantitative estimate of drug-likeness (QED) is 0.663. The maximum atomic E-state index is 12.7. The summed E-state index contributed by atoms with van der Waals surface area (Å²) in [6, 6.07) is 7.40. The summed E-state index contributed by atoms with van der Waals surface area (Å²) in [7, 11) is 0. The Bertz CT molecular complexity index is 568. The highest BCUT2D eigenvalue weighted by Gasteiger charge is 2.05. The molecule has 0 saturated carbocycles. The van der Waals surface area contributed by atoms with Crippen molar-refractivity contribution in [1.29, 1.82) is 0 Å². The first-order valence-corrected chi connectivity index (χ1v) is 5.29. The molecule has 0 spiro atoms. The van der Waals surface area contributed by atoms with Gasteiger partial charge in [-0.3, -0.25) is 4.98 Å². The molecule has 0 fully saturated rings. The van der Waals surface area contributed by atoms with Crippen molar-refractivity contribution in [2.45, 2.75) is 0 Å². The van der Waals surface area contributed by atoms with E-state index in [0.717, 1.165) is 6.20 Å². The first-order valence-electron chi connectivity index (χ1n) is 4.91. The van der Waals surface area contributed by atoms with Crippen LogP contribution in [0.15, 0.2) is 49.1 Å². The normalized spacial score (nSPS) is 9.76. The lowest BCUT2D eigenvalue weighted by molar-refractivity contribution is 0.624. The maximum absolute atomic E-state index is 12.7. The molecule has 0 aliphatic rings. The number of H-pyrrole nitrogens is 1. The summed E-state index contributed by atoms with van der Waals surface area (Å²) in [5.74, 6) is -0.487. The number of hydrogen-bond acceptors (Lipinski definition) is 2. The van der Waals surface area contributed by atoms with E-state index in [1.807, 2.05) is 18.2 Å². The number of nitrogens with one attached hydrogen (secondary N) is 1. The largest absolute Gasteiger partial charge is 0.346 e. The van der Waals surface area contributed by atoms with Crippen LogP contribution in [0.2, 0.25) is 5.02 Å². The molecule has 86 valence electrons. The molecule has 3 heterocycles. The van der Waals surface area contributed by atoms with Crippen LogP contribution < -0.4 is 0 Å². The average molecular weight is 250 g/mol. The fraction of sp³-hybridized carbons (Fsp3) is 0. The van der Waals surface area contributed by atoms with Gasteiger partial charge in [0.15, 0.2) is 5.82 Å². The molecule has 0 aromatic carbocycles. The molecule has 0 radical (unpaired) electrons. The number of fused-ring (bicyclic) bond motifs is 1. The molecule has 5 heteroatoms. The molecular formula is C12H9ClFN3. The Morgan fingerprint density at radius 3 is 2.53 bits per heavy atom. The van der Waals surface area contributed by atoms with Crippen LogP contribution in [0.25, 0.3) is 11.0 Å². The van der Waals surface area contributed by atoms with Gasteiger partial charge in [0, 0.05) is 24.0 Å². The molecule has 0 aliphatic heterocycles. The monoisotopic (exact) mass is 249 g/mol. The van der Waals surface area contributed by atoms with E-state index in [9.17, 15) is 4.39 Å². The Hall–Kier alpha value is -1.94. The average Bonchev–Trinajstić information content (AvgIpc) is 2.86. The summed E-state index contributed by atoms with van der Waals surface area (Å²) >= 11 is 5.63. The zero-order chi connectivity index (χ0) is 12.1. The maximum Gasteiger partial charge on any atom is 0.160 e. The van der Waals surface area contributed by atoms with Gasteiger partial charge >= 0.3 is 0 Å². The van der Waals surface area contributed by atoms with E-state index in [-0.39, 0.29) is 5.02 Å². The molecule has 3 rings (SSSR count). The van der Waals surface area contributed by atoms with Gasteiger partial charge < -0.3 is 4.98 Å². The third kappa shape index (κ3) is 2.79. The van der Waals surface area contributed by atoms with Gasteiger partial charge in [0.25, 0.3) is 0 Å². The molecular weight excluding hydrogens is 241 g/mol. The Morgan fingerprint density at radius 1 is 1.18 bits per heavy atom. The Kier molecular flexibility index (Phi) is 3.67. The van der Waals surface area contributed by atoms with Crippen molar-refractivity contribution >= 4 is 22.6 Å². The summed E-state index contributed by atoms with van der Waals surface area (Å²) in [6.45, 7) is 0. The van der Waals surface area contributed by atoms with Gasteiger partial charge in [0.1, 0.15) is 5.65 Å². The predicted octanol–water partition coefficient (Wildman–Crippen LogP) is 3.44. The molecule has 0 aliphatic carbocycles. The van der Waals surface area contributed by atoms with E-state index in [1.165, 1.54) is 0 Å². The number of nitrogens with zero attached hydrogens (tertiary/aromatic N) is 2. The number of rotatable bonds is 0. The van der Waals surface area contributed by atoms with Gasteiger partial charge in [-0.15, -0.1) is 0 Å². The van der Waals surface area contributed by atoms with E-state index in [1.54, 1.807) is 24.7 Å². The van der Waals surface area contributed by atoms with Crippen LogP contribution in [0, 0.1) is 5.82 Å². The SMILES string of the molecule is Fc1cnc2[nH]ccc2c1Cl.c1ccncc1. The molecule has 0 saturated heterocycles. The Balaban J connectivity index is 0.000000153. The molecule has 0 amide bonds. The summed E-state index contributed by atoms with van der Waals surface area (Å²) in [5.41, 5.74) is 0.608. The topological polar surface area (TPSA) is 41.6 Å². The highest BCUT2D eigenvalue weighted by Crippen LogP contribution is 2.22. The highest BCUT2D eigenvalue weighted by molar-refractivity contribution is 6.35. The molecule has 0 bridgehead atoms. The molecule has 1 N–H and O–H groups in total. The van der Waals surface area contributed by atoms with E-state index in [0.29, 0.717) is 11.0 Å². The lowest BCUT2D eigenvalue weighted by Gasteiger charge is -1.93. The zero-order valence-electron chi connectivity index (χ0n) is 8.77. The van der Waals surface area contributed by atoms with Gasteiger partial charge in [-0.2, -0.15) is 0 Å². The third-order valence-corrected chi connectivity index (χ3v) is 2.43. The summed E-state index contributed by atoms with van der Waals surface area (Å²) in [4.78, 5) is 10.4. The molecule has 3 aromatic rings. The minimum absolute atomic E-state index is 0.122. The van der Waals surface area contributed by atoms with Crippen LogP contribution in [0.4, 0.5) is 4.39 Å². The number of halogens is 2. The molecule has 3 nitrogen and oxygen atoms in total. The Labute approximate surface area is 102 Å². The van der Waals surface area contributed by atoms with E-state index in [2.05, 4.69) is 15.0 Å². The van der Waals surface area contributed by atoms with E-state index >= 15 is 0 Å². The van der Waals surface area contributed by atoms with Crippen LogP contribution in [-0.4, -0.2) is 15.0 Å². The van der Waals surface area contributed by atoms with Crippen LogP contribution in [0.5, 0.6) is 0 Å². The molecule has 0 atom stereocenters. The van der Waals surface area contributed by atoms with Crippen molar-refractivity contribution in [2.24, 2.45) is 0 Å². The van der Waals surface area contributed by atoms with Crippen LogP contribution in [-0.2, 0) is 0 Å². The zero-order valence-corrected chi connectivity index (χ0v) is 9.53. The van der Waals surface area contributed by atoms with Gasteiger partial charge in [-0.1, -0.05) is 17.7 Å². The fourth-order valence-corrected chi connectivity index (χ4v) is 1.46. The minimum atomic E-state index is -0.487. The molecule has 0 unspecified atom stereocenters. The second-order valence-corrected chi connectivity index (χ2v) is 3.56. The lowest BCUT2D eigenvalue weighted by atomic mass is 10.3. The van der Waals surface area contributed by atoms with Crippen molar-refractivity contribution in [2.75, 3.05) is 0 Å². The second kappa shape index (κ2) is 5.41. The van der Waals surface area contributed by atoms with Crippen LogP contribution >= 0.6 is 11.6 Å². The number of hydrogen-bond donors (Lipinski definition) is 1. The standard InChI is InChI=1S/C7H4ClFN2.C5H5N/c8-6-4-1-2-10-7(4)11-3-5(6)9;1-2-4-6-5-3-1/h1-3H,(H,10,11);1-5H. The van der Waals surface area contributed by atoms with Crippen molar-refractivity contribution in [3.05, 3.63) is 59.9 Å². The van der Waals surface area contributed by atoms with Crippen LogP contribution in [0.1, 0.15) is 0 Å². The number of aromatic amines is 1. The first kappa shape index (κ1) is 11.5. The number of aromatic nitrogens is 3. The van der Waals surface area contributed by atoms with E-state index in [4.69, 9.17) is 11.6 Å². The van der Waals surface area contributed by atoms with Crippen molar-refractivity contribution in [1.82, 2.24) is 15.0 Å². The Morgan fingerprint density at radius 2 is 1.94 bits per heavy atom. The number of pyridine rings is 2. The van der Waals surface area contributed by atoms with Gasteiger partial charge in [0.2, 0.25) is 0 Å². The van der Waals surface area contributed by atoms with Crippen LogP contribution in [0.3, 0.4) is 0 Å². The molecule has 3 aromatic heterocycles. The first-order chi connectivity index (χ1) is 8.29. The van der Waals surface area contributed by atoms with Crippen molar-refractivity contribution in [3.8, 4) is 0 Å². The predicted molar refractivity (Wildman–Crippen MR) is 65.3 cm³/mol. The fourth-order valence-electron chi connectivity index (χ4n) is 1.26. The minimum Gasteiger partial charge on any atom is -0.346 e.